The minimum absolute atomic E-state index is 0.921. The van der Waals surface area contributed by atoms with E-state index < -0.39 is 0 Å². The van der Waals surface area contributed by atoms with Gasteiger partial charge in [0.15, 0.2) is 0 Å². The van der Waals surface area contributed by atoms with E-state index >= 15 is 0 Å². The number of hydrogen-bond donors (Lipinski definition) is 0. The van der Waals surface area contributed by atoms with E-state index in [1.54, 1.807) is 0 Å². The average Bonchev–Trinajstić information content (AvgIpc) is 3.31. The summed E-state index contributed by atoms with van der Waals surface area (Å²) in [5.41, 5.74) is 18.4. The molecule has 0 N–H and O–H groups in total. The molecule has 1 heterocycles. The maximum atomic E-state index is 3.77. The van der Waals surface area contributed by atoms with Crippen LogP contribution < -0.4 is 9.80 Å². The van der Waals surface area contributed by atoms with Crippen LogP contribution in [0.1, 0.15) is 44.5 Å². The summed E-state index contributed by atoms with van der Waals surface area (Å²) in [6.45, 7) is 23.5. The van der Waals surface area contributed by atoms with Crippen molar-refractivity contribution in [2.45, 2.75) is 55.4 Å². The van der Waals surface area contributed by atoms with Crippen LogP contribution in [0.2, 0.25) is 0 Å². The fraction of sp³-hybridized carbons (Fsp3) is 0.286. The zero-order chi connectivity index (χ0) is 26.4. The van der Waals surface area contributed by atoms with Crippen LogP contribution in [0.3, 0.4) is 0 Å². The molecule has 5 rings (SSSR count). The summed E-state index contributed by atoms with van der Waals surface area (Å²) in [6.07, 6.45) is 0. The Morgan fingerprint density at radius 2 is 0.811 bits per heavy atom. The molecule has 188 valence electrons. The molecule has 4 aromatic rings. The monoisotopic (exact) mass is 486 g/mol. The molecule has 2 heteroatoms. The second-order valence-corrected chi connectivity index (χ2v) is 10.7. The van der Waals surface area contributed by atoms with Gasteiger partial charge in [-0.25, -0.2) is 0 Å². The minimum atomic E-state index is 0.921. The van der Waals surface area contributed by atoms with Crippen LogP contribution in [0, 0.1) is 62.1 Å². The summed E-state index contributed by atoms with van der Waals surface area (Å²) < 4.78 is 0. The third kappa shape index (κ3) is 4.33. The Morgan fingerprint density at radius 3 is 1.16 bits per heavy atom. The van der Waals surface area contributed by atoms with Crippen molar-refractivity contribution in [3.63, 3.8) is 0 Å². The van der Waals surface area contributed by atoms with Gasteiger partial charge in [-0.15, -0.1) is 0 Å². The van der Waals surface area contributed by atoms with Crippen molar-refractivity contribution in [3.05, 3.63) is 112 Å². The predicted molar refractivity (Wildman–Crippen MR) is 160 cm³/mol. The van der Waals surface area contributed by atoms with Gasteiger partial charge in [-0.05, 0) is 122 Å². The lowest BCUT2D eigenvalue weighted by Crippen LogP contribution is -2.21. The Hall–Kier alpha value is -3.52. The van der Waals surface area contributed by atoms with Crippen LogP contribution in [0.15, 0.2) is 60.7 Å². The van der Waals surface area contributed by atoms with E-state index in [-0.39, 0.29) is 0 Å². The van der Waals surface area contributed by atoms with Crippen molar-refractivity contribution in [2.75, 3.05) is 22.9 Å². The summed E-state index contributed by atoms with van der Waals surface area (Å²) in [6, 6.07) is 22.3. The molecular formula is C35H38N2. The smallest absolute Gasteiger partial charge is 0.208 e. The van der Waals surface area contributed by atoms with Crippen molar-refractivity contribution in [3.8, 4) is 22.3 Å². The number of nitrogens with zero attached hydrogens (tertiary/aromatic N) is 2. The van der Waals surface area contributed by atoms with Crippen molar-refractivity contribution in [2.24, 2.45) is 0 Å². The van der Waals surface area contributed by atoms with Gasteiger partial charge in [0, 0.05) is 24.5 Å². The highest BCUT2D eigenvalue weighted by atomic mass is 15.4. The molecule has 4 aromatic carbocycles. The fourth-order valence-electron chi connectivity index (χ4n) is 6.29. The van der Waals surface area contributed by atoms with Crippen LogP contribution in [-0.2, 0) is 0 Å². The highest BCUT2D eigenvalue weighted by Crippen LogP contribution is 2.41. The van der Waals surface area contributed by atoms with E-state index in [1.165, 1.54) is 78.1 Å². The quantitative estimate of drug-likeness (QED) is 0.284. The molecule has 0 bridgehead atoms. The maximum absolute atomic E-state index is 3.77. The summed E-state index contributed by atoms with van der Waals surface area (Å²) >= 11 is 0. The van der Waals surface area contributed by atoms with Crippen LogP contribution >= 0.6 is 0 Å². The van der Waals surface area contributed by atoms with Gasteiger partial charge in [0.05, 0.1) is 0 Å². The van der Waals surface area contributed by atoms with E-state index in [4.69, 9.17) is 0 Å². The second-order valence-electron chi connectivity index (χ2n) is 10.7. The van der Waals surface area contributed by atoms with Gasteiger partial charge in [-0.3, -0.25) is 0 Å². The third-order valence-electron chi connectivity index (χ3n) is 8.09. The second kappa shape index (κ2) is 9.74. The lowest BCUT2D eigenvalue weighted by atomic mass is 9.90. The van der Waals surface area contributed by atoms with Gasteiger partial charge in [0.2, 0.25) is 6.67 Å². The molecule has 1 aliphatic heterocycles. The molecule has 1 saturated heterocycles. The first kappa shape index (κ1) is 25.1. The average molecular weight is 487 g/mol. The molecule has 0 saturated carbocycles. The zero-order valence-electron chi connectivity index (χ0n) is 23.6. The molecule has 2 radical (unpaired) electrons. The van der Waals surface area contributed by atoms with Crippen LogP contribution in [-0.4, -0.2) is 13.1 Å². The van der Waals surface area contributed by atoms with E-state index in [0.29, 0.717) is 0 Å². The number of hydrogen-bond acceptors (Lipinski definition) is 2. The Balaban J connectivity index is 1.53. The third-order valence-corrected chi connectivity index (χ3v) is 8.09. The van der Waals surface area contributed by atoms with Crippen molar-refractivity contribution >= 4 is 11.4 Å². The number of anilines is 2. The Kier molecular flexibility index (Phi) is 6.62. The van der Waals surface area contributed by atoms with Crippen molar-refractivity contribution in [1.29, 1.82) is 0 Å². The Morgan fingerprint density at radius 1 is 0.459 bits per heavy atom. The number of aryl methyl sites for hydroxylation is 6. The SMILES string of the molecule is Cc1cccc(C)c1-c1ccc(C)c(N2[C]N(c3c(C)ccc(-c4c(C)cccc4C)c3C)CC2)c1C. The highest BCUT2D eigenvalue weighted by molar-refractivity contribution is 5.83. The normalized spacial score (nSPS) is 13.5. The van der Waals surface area contributed by atoms with Gasteiger partial charge in [-0.1, -0.05) is 60.7 Å². The van der Waals surface area contributed by atoms with Crippen LogP contribution in [0.4, 0.5) is 11.4 Å². The number of benzene rings is 4. The van der Waals surface area contributed by atoms with Gasteiger partial charge in [0.25, 0.3) is 0 Å². The summed E-state index contributed by atoms with van der Waals surface area (Å²) in [5.74, 6) is 0. The summed E-state index contributed by atoms with van der Waals surface area (Å²) in [4.78, 5) is 4.68. The van der Waals surface area contributed by atoms with E-state index in [1.807, 2.05) is 0 Å². The summed E-state index contributed by atoms with van der Waals surface area (Å²) in [7, 11) is 0. The van der Waals surface area contributed by atoms with Crippen molar-refractivity contribution in [1.82, 2.24) is 0 Å². The molecule has 1 fully saturated rings. The van der Waals surface area contributed by atoms with E-state index in [9.17, 15) is 0 Å². The molecule has 37 heavy (non-hydrogen) atoms. The molecule has 0 aromatic heterocycles. The molecule has 0 spiro atoms. The van der Waals surface area contributed by atoms with Crippen molar-refractivity contribution < 1.29 is 0 Å². The molecule has 0 aliphatic carbocycles. The van der Waals surface area contributed by atoms with Crippen LogP contribution in [0.5, 0.6) is 0 Å². The molecule has 2 nitrogen and oxygen atoms in total. The maximum Gasteiger partial charge on any atom is 0.208 e. The largest absolute Gasteiger partial charge is 0.339 e. The number of rotatable bonds is 4. The topological polar surface area (TPSA) is 6.48 Å². The van der Waals surface area contributed by atoms with E-state index in [2.05, 4.69) is 133 Å². The molecular weight excluding hydrogens is 448 g/mol. The molecule has 0 atom stereocenters. The predicted octanol–water partition coefficient (Wildman–Crippen LogP) is 8.81. The first-order valence-corrected chi connectivity index (χ1v) is 13.3. The van der Waals surface area contributed by atoms with Crippen LogP contribution in [0.25, 0.3) is 22.3 Å². The van der Waals surface area contributed by atoms with Gasteiger partial charge in [0.1, 0.15) is 0 Å². The highest BCUT2D eigenvalue weighted by Gasteiger charge is 2.29. The zero-order valence-corrected chi connectivity index (χ0v) is 23.6. The summed E-state index contributed by atoms with van der Waals surface area (Å²) in [5, 5.41) is 0. The molecule has 0 unspecified atom stereocenters. The van der Waals surface area contributed by atoms with E-state index in [0.717, 1.165) is 13.1 Å². The standard InChI is InChI=1S/C35H38N2/c1-22-11-9-12-23(2)32(22)30-17-15-26(5)34(28(30)7)36-19-20-37(21-36)35-27(6)16-18-31(29(35)8)33-24(3)13-10-14-25(33)4/h9-18H,19-20H2,1-8H3. The van der Waals surface area contributed by atoms with Gasteiger partial charge < -0.3 is 9.80 Å². The first-order valence-electron chi connectivity index (χ1n) is 13.3. The fourth-order valence-corrected chi connectivity index (χ4v) is 6.29. The Bertz CT molecular complexity index is 1340. The lowest BCUT2D eigenvalue weighted by molar-refractivity contribution is 1.01. The molecule has 0 amide bonds. The van der Waals surface area contributed by atoms with Gasteiger partial charge >= 0.3 is 0 Å². The molecule has 1 aliphatic rings. The minimum Gasteiger partial charge on any atom is -0.339 e. The Labute approximate surface area is 223 Å². The van der Waals surface area contributed by atoms with Gasteiger partial charge in [-0.2, -0.15) is 0 Å². The first-order chi connectivity index (χ1) is 17.7. The lowest BCUT2D eigenvalue weighted by Gasteiger charge is -2.27.